The van der Waals surface area contributed by atoms with Crippen LogP contribution in [0.15, 0.2) is 30.6 Å². The highest BCUT2D eigenvalue weighted by Crippen LogP contribution is 2.05. The normalized spacial score (nSPS) is 10.6. The van der Waals surface area contributed by atoms with E-state index in [0.29, 0.717) is 5.88 Å². The first kappa shape index (κ1) is 12.6. The van der Waals surface area contributed by atoms with E-state index in [0.717, 1.165) is 25.3 Å². The van der Waals surface area contributed by atoms with E-state index in [1.54, 1.807) is 7.11 Å². The Morgan fingerprint density at radius 3 is 3.00 bits per heavy atom. The summed E-state index contributed by atoms with van der Waals surface area (Å²) in [6.07, 6.45) is 3.90. The molecule has 5 nitrogen and oxygen atoms in total. The minimum absolute atomic E-state index is 0.650. The molecule has 2 rings (SSSR count). The molecule has 0 amide bonds. The molecule has 0 radical (unpaired) electrons. The summed E-state index contributed by atoms with van der Waals surface area (Å²) in [4.78, 5) is 4.33. The average Bonchev–Trinajstić information content (AvgIpc) is 2.81. The Kier molecular flexibility index (Phi) is 4.30. The predicted octanol–water partition coefficient (Wildman–Crippen LogP) is 1.38. The third-order valence-electron chi connectivity index (χ3n) is 2.58. The van der Waals surface area contributed by atoms with Crippen LogP contribution in [0.25, 0.3) is 0 Å². The van der Waals surface area contributed by atoms with Crippen molar-refractivity contribution in [3.8, 4) is 5.88 Å². The predicted molar refractivity (Wildman–Crippen MR) is 69.5 cm³/mol. The van der Waals surface area contributed by atoms with E-state index in [4.69, 9.17) is 4.74 Å². The summed E-state index contributed by atoms with van der Waals surface area (Å²) in [5, 5.41) is 7.56. The lowest BCUT2D eigenvalue weighted by Crippen LogP contribution is -2.20. The number of nitrogens with one attached hydrogen (secondary N) is 1. The molecule has 0 aliphatic rings. The molecule has 0 aliphatic carbocycles. The zero-order chi connectivity index (χ0) is 12.8. The molecule has 0 saturated heterocycles. The number of aromatic nitrogens is 3. The van der Waals surface area contributed by atoms with Crippen LogP contribution in [-0.4, -0.2) is 28.4 Å². The standard InChI is InChI=1S/C13H18N4O/c1-11-8-15-17(10-11)7-6-14-9-12-4-3-5-13(16-12)18-2/h3-5,8,10,14H,6-7,9H2,1-2H3. The molecule has 96 valence electrons. The fourth-order valence-electron chi connectivity index (χ4n) is 1.67. The van der Waals surface area contributed by atoms with Gasteiger partial charge in [-0.05, 0) is 18.6 Å². The Morgan fingerprint density at radius 1 is 1.39 bits per heavy atom. The van der Waals surface area contributed by atoms with Gasteiger partial charge in [0.15, 0.2) is 0 Å². The SMILES string of the molecule is COc1cccc(CNCCn2cc(C)cn2)n1. The lowest BCUT2D eigenvalue weighted by molar-refractivity contribution is 0.395. The van der Waals surface area contributed by atoms with Gasteiger partial charge in [0.25, 0.3) is 0 Å². The zero-order valence-electron chi connectivity index (χ0n) is 10.8. The summed E-state index contributed by atoms with van der Waals surface area (Å²) >= 11 is 0. The van der Waals surface area contributed by atoms with Crippen molar-refractivity contribution in [1.29, 1.82) is 0 Å². The smallest absolute Gasteiger partial charge is 0.213 e. The van der Waals surface area contributed by atoms with Gasteiger partial charge in [-0.25, -0.2) is 4.98 Å². The number of methoxy groups -OCH3 is 1. The number of rotatable bonds is 6. The topological polar surface area (TPSA) is 52.0 Å². The van der Waals surface area contributed by atoms with Gasteiger partial charge >= 0.3 is 0 Å². The molecular formula is C13H18N4O. The van der Waals surface area contributed by atoms with Crippen LogP contribution in [0.2, 0.25) is 0 Å². The van der Waals surface area contributed by atoms with Gasteiger partial charge in [-0.2, -0.15) is 5.10 Å². The molecule has 18 heavy (non-hydrogen) atoms. The van der Waals surface area contributed by atoms with E-state index >= 15 is 0 Å². The lowest BCUT2D eigenvalue weighted by Gasteiger charge is -2.06. The fourth-order valence-corrected chi connectivity index (χ4v) is 1.67. The Labute approximate surface area is 107 Å². The molecule has 0 fully saturated rings. The van der Waals surface area contributed by atoms with Crippen LogP contribution in [0.5, 0.6) is 5.88 Å². The maximum atomic E-state index is 5.08. The monoisotopic (exact) mass is 246 g/mol. The minimum Gasteiger partial charge on any atom is -0.481 e. The van der Waals surface area contributed by atoms with Crippen molar-refractivity contribution in [2.75, 3.05) is 13.7 Å². The molecule has 1 N–H and O–H groups in total. The second-order valence-electron chi connectivity index (χ2n) is 4.13. The van der Waals surface area contributed by atoms with Gasteiger partial charge in [-0.1, -0.05) is 6.07 Å². The second-order valence-corrected chi connectivity index (χ2v) is 4.13. The molecule has 0 aliphatic heterocycles. The minimum atomic E-state index is 0.650. The number of ether oxygens (including phenoxy) is 1. The average molecular weight is 246 g/mol. The molecule has 2 aromatic rings. The molecule has 0 unspecified atom stereocenters. The first-order valence-electron chi connectivity index (χ1n) is 5.97. The molecule has 0 spiro atoms. The summed E-state index contributed by atoms with van der Waals surface area (Å²) < 4.78 is 7.01. The largest absolute Gasteiger partial charge is 0.481 e. The molecule has 0 saturated carbocycles. The number of nitrogens with zero attached hydrogens (tertiary/aromatic N) is 3. The molecule has 2 heterocycles. The van der Waals surface area contributed by atoms with Crippen LogP contribution in [0.3, 0.4) is 0 Å². The van der Waals surface area contributed by atoms with Crippen LogP contribution in [0.4, 0.5) is 0 Å². The van der Waals surface area contributed by atoms with Crippen LogP contribution in [0, 0.1) is 6.92 Å². The van der Waals surface area contributed by atoms with Crippen LogP contribution < -0.4 is 10.1 Å². The van der Waals surface area contributed by atoms with Gasteiger partial charge in [0, 0.05) is 25.4 Å². The van der Waals surface area contributed by atoms with Gasteiger partial charge in [-0.3, -0.25) is 4.68 Å². The Bertz CT molecular complexity index is 495. The summed E-state index contributed by atoms with van der Waals surface area (Å²) in [7, 11) is 1.62. The van der Waals surface area contributed by atoms with E-state index in [-0.39, 0.29) is 0 Å². The number of aryl methyl sites for hydroxylation is 1. The third-order valence-corrected chi connectivity index (χ3v) is 2.58. The van der Waals surface area contributed by atoms with Gasteiger partial charge in [0.2, 0.25) is 5.88 Å². The molecule has 5 heteroatoms. The van der Waals surface area contributed by atoms with Crippen LogP contribution in [0.1, 0.15) is 11.3 Å². The van der Waals surface area contributed by atoms with Crippen molar-refractivity contribution in [3.63, 3.8) is 0 Å². The van der Waals surface area contributed by atoms with E-state index in [2.05, 4.69) is 15.4 Å². The number of hydrogen-bond acceptors (Lipinski definition) is 4. The second kappa shape index (κ2) is 6.16. The highest BCUT2D eigenvalue weighted by Gasteiger charge is 1.98. The third kappa shape index (κ3) is 3.56. The summed E-state index contributed by atoms with van der Waals surface area (Å²) in [6.45, 7) is 4.49. The van der Waals surface area contributed by atoms with Crippen molar-refractivity contribution in [3.05, 3.63) is 41.9 Å². The van der Waals surface area contributed by atoms with E-state index < -0.39 is 0 Å². The van der Waals surface area contributed by atoms with Crippen molar-refractivity contribution in [2.24, 2.45) is 0 Å². The lowest BCUT2D eigenvalue weighted by atomic mass is 10.3. The molecule has 0 aromatic carbocycles. The maximum Gasteiger partial charge on any atom is 0.213 e. The van der Waals surface area contributed by atoms with Gasteiger partial charge in [0.1, 0.15) is 0 Å². The van der Waals surface area contributed by atoms with Gasteiger partial charge in [0.05, 0.1) is 25.5 Å². The quantitative estimate of drug-likeness (QED) is 0.782. The van der Waals surface area contributed by atoms with E-state index in [1.807, 2.05) is 42.2 Å². The van der Waals surface area contributed by atoms with E-state index in [1.165, 1.54) is 5.56 Å². The van der Waals surface area contributed by atoms with Crippen LogP contribution in [-0.2, 0) is 13.1 Å². The molecule has 0 bridgehead atoms. The number of hydrogen-bond donors (Lipinski definition) is 1. The first-order chi connectivity index (χ1) is 8.78. The summed E-state index contributed by atoms with van der Waals surface area (Å²) in [5.74, 6) is 0.650. The molecule has 0 atom stereocenters. The van der Waals surface area contributed by atoms with Crippen molar-refractivity contribution in [2.45, 2.75) is 20.0 Å². The van der Waals surface area contributed by atoms with Crippen LogP contribution >= 0.6 is 0 Å². The summed E-state index contributed by atoms with van der Waals surface area (Å²) in [5.41, 5.74) is 2.16. The summed E-state index contributed by atoms with van der Waals surface area (Å²) in [6, 6.07) is 5.77. The van der Waals surface area contributed by atoms with Crippen molar-refractivity contribution >= 4 is 0 Å². The fraction of sp³-hybridized carbons (Fsp3) is 0.385. The molecule has 2 aromatic heterocycles. The Balaban J connectivity index is 1.74. The highest BCUT2D eigenvalue weighted by atomic mass is 16.5. The maximum absolute atomic E-state index is 5.08. The van der Waals surface area contributed by atoms with Gasteiger partial charge in [-0.15, -0.1) is 0 Å². The van der Waals surface area contributed by atoms with E-state index in [9.17, 15) is 0 Å². The number of pyridine rings is 1. The first-order valence-corrected chi connectivity index (χ1v) is 5.97. The van der Waals surface area contributed by atoms with Crippen molar-refractivity contribution in [1.82, 2.24) is 20.1 Å². The van der Waals surface area contributed by atoms with Gasteiger partial charge < -0.3 is 10.1 Å². The molecular weight excluding hydrogens is 228 g/mol. The Hall–Kier alpha value is -1.88. The Morgan fingerprint density at radius 2 is 2.28 bits per heavy atom. The highest BCUT2D eigenvalue weighted by molar-refractivity contribution is 5.15. The zero-order valence-corrected chi connectivity index (χ0v) is 10.8. The van der Waals surface area contributed by atoms with Crippen molar-refractivity contribution < 1.29 is 4.74 Å².